The zero-order valence-corrected chi connectivity index (χ0v) is 6.85. The van der Waals surface area contributed by atoms with Gasteiger partial charge in [-0.2, -0.15) is 0 Å². The van der Waals surface area contributed by atoms with Crippen molar-refractivity contribution in [1.82, 2.24) is 9.97 Å². The Morgan fingerprint density at radius 3 is 2.85 bits per heavy atom. The van der Waals surface area contributed by atoms with Gasteiger partial charge in [-0.15, -0.1) is 0 Å². The molecule has 0 saturated carbocycles. The van der Waals surface area contributed by atoms with E-state index in [1.807, 2.05) is 0 Å². The van der Waals surface area contributed by atoms with E-state index in [9.17, 15) is 9.18 Å². The Balaban J connectivity index is 2.83. The summed E-state index contributed by atoms with van der Waals surface area (Å²) in [5, 5.41) is 0. The number of ether oxygens (including phenoxy) is 1. The van der Waals surface area contributed by atoms with Crippen molar-refractivity contribution in [2.75, 3.05) is 7.11 Å². The summed E-state index contributed by atoms with van der Waals surface area (Å²) in [5.74, 6) is -0.132. The quantitative estimate of drug-likeness (QED) is 0.691. The minimum absolute atomic E-state index is 0.172. The van der Waals surface area contributed by atoms with E-state index in [-0.39, 0.29) is 5.52 Å². The fraction of sp³-hybridized carbons (Fsp3) is 0.125. The molecule has 0 aliphatic carbocycles. The number of methoxy groups -OCH3 is 1. The van der Waals surface area contributed by atoms with Crippen molar-refractivity contribution in [3.63, 3.8) is 0 Å². The lowest BCUT2D eigenvalue weighted by Crippen LogP contribution is -1.99. The molecule has 0 fully saturated rings. The van der Waals surface area contributed by atoms with Crippen molar-refractivity contribution < 1.29 is 9.13 Å². The molecule has 0 radical (unpaired) electrons. The van der Waals surface area contributed by atoms with Crippen LogP contribution in [0.15, 0.2) is 16.9 Å². The second-order valence-corrected chi connectivity index (χ2v) is 2.61. The van der Waals surface area contributed by atoms with E-state index in [0.29, 0.717) is 11.3 Å². The van der Waals surface area contributed by atoms with Crippen LogP contribution in [-0.4, -0.2) is 17.1 Å². The molecule has 4 nitrogen and oxygen atoms in total. The van der Waals surface area contributed by atoms with Crippen molar-refractivity contribution in [2.45, 2.75) is 0 Å². The SMILES string of the molecule is COc1cc(F)c2[nH]c(=O)[nH]c2c1. The first-order valence-corrected chi connectivity index (χ1v) is 3.66. The van der Waals surface area contributed by atoms with Crippen molar-refractivity contribution >= 4 is 11.0 Å². The predicted molar refractivity (Wildman–Crippen MR) is 45.4 cm³/mol. The van der Waals surface area contributed by atoms with Crippen LogP contribution in [0.3, 0.4) is 0 Å². The highest BCUT2D eigenvalue weighted by Crippen LogP contribution is 2.19. The summed E-state index contributed by atoms with van der Waals surface area (Å²) < 4.78 is 18.0. The van der Waals surface area contributed by atoms with Gasteiger partial charge in [0, 0.05) is 12.1 Å². The van der Waals surface area contributed by atoms with Crippen LogP contribution in [0, 0.1) is 5.82 Å². The Labute approximate surface area is 72.3 Å². The van der Waals surface area contributed by atoms with Gasteiger partial charge in [-0.3, -0.25) is 0 Å². The fourth-order valence-corrected chi connectivity index (χ4v) is 1.19. The first-order chi connectivity index (χ1) is 6.20. The van der Waals surface area contributed by atoms with E-state index >= 15 is 0 Å². The maximum atomic E-state index is 13.2. The third-order valence-corrected chi connectivity index (χ3v) is 1.79. The topological polar surface area (TPSA) is 57.9 Å². The van der Waals surface area contributed by atoms with Gasteiger partial charge in [-0.25, -0.2) is 9.18 Å². The number of hydrogen-bond donors (Lipinski definition) is 2. The Bertz CT molecular complexity index is 500. The van der Waals surface area contributed by atoms with Gasteiger partial charge >= 0.3 is 5.69 Å². The molecule has 0 aliphatic rings. The molecule has 68 valence electrons. The molecule has 0 unspecified atom stereocenters. The van der Waals surface area contributed by atoms with Gasteiger partial charge in [0.1, 0.15) is 11.3 Å². The summed E-state index contributed by atoms with van der Waals surface area (Å²) in [4.78, 5) is 15.6. The molecular formula is C8H7FN2O2. The van der Waals surface area contributed by atoms with Gasteiger partial charge in [0.05, 0.1) is 12.6 Å². The van der Waals surface area contributed by atoms with Crippen molar-refractivity contribution in [3.8, 4) is 5.75 Å². The van der Waals surface area contributed by atoms with Crippen LogP contribution in [-0.2, 0) is 0 Å². The van der Waals surface area contributed by atoms with E-state index < -0.39 is 11.5 Å². The van der Waals surface area contributed by atoms with Crippen LogP contribution in [0.2, 0.25) is 0 Å². The summed E-state index contributed by atoms with van der Waals surface area (Å²) in [6, 6.07) is 2.77. The Morgan fingerprint density at radius 1 is 1.38 bits per heavy atom. The van der Waals surface area contributed by atoms with E-state index in [0.717, 1.165) is 0 Å². The number of nitrogens with one attached hydrogen (secondary N) is 2. The van der Waals surface area contributed by atoms with Crippen LogP contribution >= 0.6 is 0 Å². The van der Waals surface area contributed by atoms with E-state index in [4.69, 9.17) is 4.74 Å². The molecule has 2 rings (SSSR count). The van der Waals surface area contributed by atoms with Crippen molar-refractivity contribution in [1.29, 1.82) is 0 Å². The monoisotopic (exact) mass is 182 g/mol. The second-order valence-electron chi connectivity index (χ2n) is 2.61. The summed E-state index contributed by atoms with van der Waals surface area (Å²) in [5.41, 5.74) is 0.148. The third kappa shape index (κ3) is 1.18. The first-order valence-electron chi connectivity index (χ1n) is 3.66. The number of fused-ring (bicyclic) bond motifs is 1. The van der Waals surface area contributed by atoms with Crippen molar-refractivity contribution in [3.05, 3.63) is 28.4 Å². The molecule has 0 spiro atoms. The number of aromatic amines is 2. The van der Waals surface area contributed by atoms with Crippen LogP contribution in [0.5, 0.6) is 5.75 Å². The second kappa shape index (κ2) is 2.62. The number of hydrogen-bond acceptors (Lipinski definition) is 2. The molecule has 0 aliphatic heterocycles. The standard InChI is InChI=1S/C8H7FN2O2/c1-13-4-2-5(9)7-6(3-4)10-8(12)11-7/h2-3H,1H3,(H2,10,11,12). The molecule has 1 heterocycles. The largest absolute Gasteiger partial charge is 0.497 e. The average Bonchev–Trinajstić information content (AvgIpc) is 2.46. The molecule has 1 aromatic heterocycles. The lowest BCUT2D eigenvalue weighted by molar-refractivity contribution is 0.412. The first kappa shape index (κ1) is 7.85. The minimum Gasteiger partial charge on any atom is -0.497 e. The zero-order valence-electron chi connectivity index (χ0n) is 6.85. The number of aromatic nitrogens is 2. The molecule has 0 atom stereocenters. The molecule has 1 aromatic carbocycles. The highest BCUT2D eigenvalue weighted by atomic mass is 19.1. The van der Waals surface area contributed by atoms with E-state index in [1.54, 1.807) is 6.07 Å². The molecular weight excluding hydrogens is 175 g/mol. The number of imidazole rings is 1. The molecule has 0 amide bonds. The summed E-state index contributed by atoms with van der Waals surface area (Å²) in [7, 11) is 1.44. The Hall–Kier alpha value is -1.78. The normalized spacial score (nSPS) is 10.6. The zero-order chi connectivity index (χ0) is 9.42. The van der Waals surface area contributed by atoms with Crippen LogP contribution in [0.1, 0.15) is 0 Å². The van der Waals surface area contributed by atoms with E-state index in [1.165, 1.54) is 13.2 Å². The highest BCUT2D eigenvalue weighted by Gasteiger charge is 2.06. The van der Waals surface area contributed by atoms with Gasteiger partial charge < -0.3 is 14.7 Å². The number of benzene rings is 1. The summed E-state index contributed by atoms with van der Waals surface area (Å²) >= 11 is 0. The molecule has 2 N–H and O–H groups in total. The highest BCUT2D eigenvalue weighted by molar-refractivity contribution is 5.76. The minimum atomic E-state index is -0.507. The Morgan fingerprint density at radius 2 is 2.15 bits per heavy atom. The number of H-pyrrole nitrogens is 2. The van der Waals surface area contributed by atoms with E-state index in [2.05, 4.69) is 9.97 Å². The smallest absolute Gasteiger partial charge is 0.323 e. The van der Waals surface area contributed by atoms with Gasteiger partial charge in [0.25, 0.3) is 0 Å². The molecule has 0 saturated heterocycles. The fourth-order valence-electron chi connectivity index (χ4n) is 1.19. The lowest BCUT2D eigenvalue weighted by Gasteiger charge is -1.98. The number of halogens is 1. The Kier molecular flexibility index (Phi) is 1.58. The lowest BCUT2D eigenvalue weighted by atomic mass is 10.3. The summed E-state index contributed by atoms with van der Waals surface area (Å²) in [6.07, 6.45) is 0. The number of rotatable bonds is 1. The average molecular weight is 182 g/mol. The molecule has 5 heteroatoms. The van der Waals surface area contributed by atoms with Gasteiger partial charge in [0.2, 0.25) is 0 Å². The maximum absolute atomic E-state index is 13.2. The van der Waals surface area contributed by atoms with Gasteiger partial charge in [0.15, 0.2) is 5.82 Å². The molecule has 2 aromatic rings. The predicted octanol–water partition coefficient (Wildman–Crippen LogP) is 1.00. The third-order valence-electron chi connectivity index (χ3n) is 1.79. The van der Waals surface area contributed by atoms with Crippen molar-refractivity contribution in [2.24, 2.45) is 0 Å². The van der Waals surface area contributed by atoms with Crippen LogP contribution < -0.4 is 10.4 Å². The maximum Gasteiger partial charge on any atom is 0.323 e. The molecule has 13 heavy (non-hydrogen) atoms. The molecule has 0 bridgehead atoms. The van der Waals surface area contributed by atoms with Gasteiger partial charge in [-0.1, -0.05) is 0 Å². The van der Waals surface area contributed by atoms with Crippen LogP contribution in [0.4, 0.5) is 4.39 Å². The summed E-state index contributed by atoms with van der Waals surface area (Å²) in [6.45, 7) is 0. The van der Waals surface area contributed by atoms with Crippen LogP contribution in [0.25, 0.3) is 11.0 Å². The van der Waals surface area contributed by atoms with Gasteiger partial charge in [-0.05, 0) is 0 Å².